The molecule has 1 fully saturated rings. The molecule has 2 unspecified atom stereocenters. The minimum atomic E-state index is 0.251. The molecule has 4 heteroatoms. The molecule has 1 aliphatic heterocycles. The highest BCUT2D eigenvalue weighted by molar-refractivity contribution is 6.64. The molecule has 0 amide bonds. The number of likely N-dealkylation sites (tertiary alicyclic amines) is 1. The Morgan fingerprint density at radius 3 is 2.39 bits per heavy atom. The van der Waals surface area contributed by atoms with Crippen molar-refractivity contribution >= 4 is 22.5 Å². The van der Waals surface area contributed by atoms with E-state index in [2.05, 4.69) is 25.7 Å². The van der Waals surface area contributed by atoms with Crippen molar-refractivity contribution in [2.45, 2.75) is 97.1 Å². The van der Waals surface area contributed by atoms with Gasteiger partial charge in [0.2, 0.25) is 0 Å². The normalized spacial score (nSPS) is 19.0. The molecule has 134 valence electrons. The van der Waals surface area contributed by atoms with E-state index in [1.54, 1.807) is 0 Å². The number of nitrogens with one attached hydrogen (secondary N) is 1. The van der Waals surface area contributed by atoms with Crippen LogP contribution in [0.4, 0.5) is 0 Å². The maximum absolute atomic E-state index is 7.39. The Labute approximate surface area is 148 Å². The van der Waals surface area contributed by atoms with Crippen LogP contribution in [0.5, 0.6) is 0 Å². The van der Waals surface area contributed by atoms with Crippen molar-refractivity contribution in [2.75, 3.05) is 13.1 Å². The molecule has 1 N–H and O–H groups in total. The van der Waals surface area contributed by atoms with E-state index in [1.165, 1.54) is 50.9 Å². The molecule has 0 aromatic rings. The van der Waals surface area contributed by atoms with Crippen molar-refractivity contribution in [2.24, 2.45) is 4.99 Å². The number of hydrogen-bond donors (Lipinski definition) is 1. The summed E-state index contributed by atoms with van der Waals surface area (Å²) in [5.41, 5.74) is 1.26. The number of aliphatic imine (C=N–C) groups is 1. The number of hydrogen-bond acceptors (Lipinski definition) is 3. The molecule has 1 saturated heterocycles. The van der Waals surface area contributed by atoms with E-state index < -0.39 is 0 Å². The van der Waals surface area contributed by atoms with Gasteiger partial charge in [-0.05, 0) is 71.4 Å². The first-order valence-electron chi connectivity index (χ1n) is 9.59. The topological polar surface area (TPSA) is 39.5 Å². The summed E-state index contributed by atoms with van der Waals surface area (Å²) in [6.07, 6.45) is 11.3. The van der Waals surface area contributed by atoms with E-state index in [4.69, 9.17) is 22.0 Å². The lowest BCUT2D eigenvalue weighted by Gasteiger charge is -2.24. The molecule has 0 saturated carbocycles. The number of nitrogens with zero attached hydrogens (tertiary/aromatic N) is 2. The van der Waals surface area contributed by atoms with Gasteiger partial charge in [0.15, 0.2) is 0 Å². The highest BCUT2D eigenvalue weighted by Gasteiger charge is 2.18. The Hall–Kier alpha value is -0.410. The summed E-state index contributed by atoms with van der Waals surface area (Å²) in [4.78, 5) is 7.64. The van der Waals surface area contributed by atoms with Gasteiger partial charge in [-0.25, -0.2) is 0 Å². The fourth-order valence-corrected chi connectivity index (χ4v) is 3.52. The summed E-state index contributed by atoms with van der Waals surface area (Å²) in [6, 6.07) is 1.18. The monoisotopic (exact) mass is 341 g/mol. The molecule has 0 aromatic carbocycles. The van der Waals surface area contributed by atoms with Crippen molar-refractivity contribution in [3.63, 3.8) is 0 Å². The van der Waals surface area contributed by atoms with Gasteiger partial charge < -0.3 is 4.90 Å². The van der Waals surface area contributed by atoms with Gasteiger partial charge in [0.05, 0.1) is 5.17 Å². The molecule has 1 rings (SSSR count). The van der Waals surface area contributed by atoms with Crippen LogP contribution in [0.3, 0.4) is 0 Å². The largest absolute Gasteiger partial charge is 0.301 e. The predicted molar refractivity (Wildman–Crippen MR) is 103 cm³/mol. The molecule has 0 aromatic heterocycles. The van der Waals surface area contributed by atoms with E-state index >= 15 is 0 Å². The van der Waals surface area contributed by atoms with Gasteiger partial charge in [-0.2, -0.15) is 0 Å². The Bertz CT molecular complexity index is 362. The van der Waals surface area contributed by atoms with Crippen LogP contribution in [0.2, 0.25) is 0 Å². The zero-order valence-electron chi connectivity index (χ0n) is 15.4. The molecule has 1 heterocycles. The number of rotatable bonds is 12. The third kappa shape index (κ3) is 8.85. The summed E-state index contributed by atoms with van der Waals surface area (Å²) in [6.45, 7) is 9.40. The summed E-state index contributed by atoms with van der Waals surface area (Å²) < 4.78 is 0. The minimum Gasteiger partial charge on any atom is -0.301 e. The molecule has 0 spiro atoms. The molecule has 1 aliphatic rings. The molecule has 3 nitrogen and oxygen atoms in total. The van der Waals surface area contributed by atoms with E-state index in [0.29, 0.717) is 12.5 Å². The Morgan fingerprint density at radius 2 is 1.83 bits per heavy atom. The fourth-order valence-electron chi connectivity index (χ4n) is 3.43. The zero-order valence-corrected chi connectivity index (χ0v) is 16.2. The van der Waals surface area contributed by atoms with E-state index in [1.807, 2.05) is 0 Å². The zero-order chi connectivity index (χ0) is 17.1. The molecule has 23 heavy (non-hydrogen) atoms. The first kappa shape index (κ1) is 20.6. The fraction of sp³-hybridized carbons (Fsp3) is 0.895. The van der Waals surface area contributed by atoms with Crippen LogP contribution in [0.1, 0.15) is 85.0 Å². The van der Waals surface area contributed by atoms with Crippen LogP contribution < -0.4 is 0 Å². The van der Waals surface area contributed by atoms with Crippen LogP contribution in [-0.2, 0) is 0 Å². The van der Waals surface area contributed by atoms with Gasteiger partial charge in [0.1, 0.15) is 0 Å². The molecule has 0 aliphatic carbocycles. The van der Waals surface area contributed by atoms with Crippen LogP contribution >= 0.6 is 11.6 Å². The highest BCUT2D eigenvalue weighted by atomic mass is 35.5. The quantitative estimate of drug-likeness (QED) is 0.457. The lowest BCUT2D eigenvalue weighted by Crippen LogP contribution is -2.30. The van der Waals surface area contributed by atoms with Crippen LogP contribution in [0, 0.1) is 5.41 Å². The summed E-state index contributed by atoms with van der Waals surface area (Å²) in [5, 5.41) is 7.64. The smallest absolute Gasteiger partial charge is 0.0972 e. The van der Waals surface area contributed by atoms with Crippen LogP contribution in [-0.4, -0.2) is 41.0 Å². The van der Waals surface area contributed by atoms with Crippen molar-refractivity contribution in [1.82, 2.24) is 4.90 Å². The van der Waals surface area contributed by atoms with Gasteiger partial charge in [-0.15, -0.1) is 0 Å². The lowest BCUT2D eigenvalue weighted by atomic mass is 10.0. The first-order valence-corrected chi connectivity index (χ1v) is 9.97. The van der Waals surface area contributed by atoms with Crippen molar-refractivity contribution in [1.29, 1.82) is 5.41 Å². The van der Waals surface area contributed by atoms with Crippen LogP contribution in [0.25, 0.3) is 0 Å². The number of halogens is 1. The average Bonchev–Trinajstić information content (AvgIpc) is 3.05. The molecule has 0 bridgehead atoms. The average molecular weight is 342 g/mol. The highest BCUT2D eigenvalue weighted by Crippen LogP contribution is 2.18. The third-order valence-electron chi connectivity index (χ3n) is 4.93. The molecule has 2 atom stereocenters. The van der Waals surface area contributed by atoms with Crippen LogP contribution in [0.15, 0.2) is 4.99 Å². The second-order valence-corrected chi connectivity index (χ2v) is 7.39. The Balaban J connectivity index is 2.39. The van der Waals surface area contributed by atoms with Gasteiger partial charge in [0, 0.05) is 24.2 Å². The van der Waals surface area contributed by atoms with Gasteiger partial charge in [-0.1, -0.05) is 31.9 Å². The second-order valence-electron chi connectivity index (χ2n) is 6.94. The molecular formula is C19H36ClN3. The Kier molecular flexibility index (Phi) is 10.8. The van der Waals surface area contributed by atoms with Gasteiger partial charge in [0.25, 0.3) is 0 Å². The minimum absolute atomic E-state index is 0.251. The van der Waals surface area contributed by atoms with Gasteiger partial charge in [-0.3, -0.25) is 10.4 Å². The Morgan fingerprint density at radius 1 is 1.13 bits per heavy atom. The molecule has 0 radical (unpaired) electrons. The maximum Gasteiger partial charge on any atom is 0.0972 e. The van der Waals surface area contributed by atoms with Crippen molar-refractivity contribution in [3.05, 3.63) is 0 Å². The van der Waals surface area contributed by atoms with E-state index in [-0.39, 0.29) is 5.17 Å². The molecular weight excluding hydrogens is 306 g/mol. The summed E-state index contributed by atoms with van der Waals surface area (Å²) in [7, 11) is 0. The van der Waals surface area contributed by atoms with Gasteiger partial charge >= 0.3 is 0 Å². The second kappa shape index (κ2) is 12.0. The lowest BCUT2D eigenvalue weighted by molar-refractivity contribution is 0.241. The summed E-state index contributed by atoms with van der Waals surface area (Å²) >= 11 is 5.70. The summed E-state index contributed by atoms with van der Waals surface area (Å²) in [5.74, 6) is 0. The standard InChI is InChI=1S/C19H36ClN3/c1-4-9-18(12-13-19(20)21)22-17(5-2)11-8-10-16(3)23-14-6-7-15-23/h16-17,21H,4-15H2,1-3H3. The van der Waals surface area contributed by atoms with E-state index in [0.717, 1.165) is 31.7 Å². The third-order valence-corrected chi connectivity index (χ3v) is 5.12. The first-order chi connectivity index (χ1) is 11.1. The predicted octanol–water partition coefficient (Wildman–Crippen LogP) is 5.66. The van der Waals surface area contributed by atoms with Crippen molar-refractivity contribution in [3.8, 4) is 0 Å². The maximum atomic E-state index is 7.39. The van der Waals surface area contributed by atoms with Crippen molar-refractivity contribution < 1.29 is 0 Å². The SMILES string of the molecule is CCCC(CCC(=N)Cl)=NC(CC)CCCC(C)N1CCCC1. The van der Waals surface area contributed by atoms with E-state index in [9.17, 15) is 0 Å².